The summed E-state index contributed by atoms with van der Waals surface area (Å²) < 4.78 is 53.1. The maximum atomic E-state index is 14.3. The van der Waals surface area contributed by atoms with Crippen LogP contribution >= 0.6 is 0 Å². The molecular weight excluding hydrogens is 452 g/mol. The van der Waals surface area contributed by atoms with Crippen molar-refractivity contribution in [3.63, 3.8) is 0 Å². The Morgan fingerprint density at radius 3 is 2.15 bits per heavy atom. The zero-order valence-electron chi connectivity index (χ0n) is 19.1. The van der Waals surface area contributed by atoms with Crippen molar-refractivity contribution >= 4 is 27.5 Å². The van der Waals surface area contributed by atoms with E-state index in [0.717, 1.165) is 12.3 Å². The molecule has 2 aromatic carbocycles. The van der Waals surface area contributed by atoms with Gasteiger partial charge in [0, 0.05) is 13.1 Å². The van der Waals surface area contributed by atoms with Gasteiger partial charge in [0.05, 0.1) is 11.9 Å². The molecule has 0 unspecified atom stereocenters. The number of anilines is 1. The predicted molar refractivity (Wildman–Crippen MR) is 123 cm³/mol. The van der Waals surface area contributed by atoms with Gasteiger partial charge in [0.25, 0.3) is 0 Å². The minimum absolute atomic E-state index is 0.0652. The zero-order chi connectivity index (χ0) is 24.8. The highest BCUT2D eigenvalue weighted by molar-refractivity contribution is 7.92. The molecule has 10 heteroatoms. The fourth-order valence-electron chi connectivity index (χ4n) is 3.07. The lowest BCUT2D eigenvalue weighted by Crippen LogP contribution is -2.51. The monoisotopic (exact) mass is 481 g/mol. The Morgan fingerprint density at radius 2 is 1.61 bits per heavy atom. The number of nitrogens with one attached hydrogen (secondary N) is 1. The molecule has 0 aliphatic heterocycles. The number of rotatable bonds is 10. The Bertz CT molecular complexity index is 1080. The Labute approximate surface area is 193 Å². The molecule has 0 fully saturated rings. The summed E-state index contributed by atoms with van der Waals surface area (Å²) in [6.45, 7) is 4.99. The first kappa shape index (κ1) is 26.2. The maximum Gasteiger partial charge on any atom is 0.244 e. The Hall–Kier alpha value is -3.01. The van der Waals surface area contributed by atoms with Gasteiger partial charge in [-0.05, 0) is 42.7 Å². The van der Waals surface area contributed by atoms with Gasteiger partial charge in [-0.25, -0.2) is 17.2 Å². The fourth-order valence-corrected chi connectivity index (χ4v) is 3.92. The van der Waals surface area contributed by atoms with Gasteiger partial charge in [-0.3, -0.25) is 13.9 Å². The van der Waals surface area contributed by atoms with Crippen LogP contribution in [0.4, 0.5) is 14.5 Å². The van der Waals surface area contributed by atoms with Crippen LogP contribution in [0, 0.1) is 17.6 Å². The van der Waals surface area contributed by atoms with E-state index >= 15 is 0 Å². The van der Waals surface area contributed by atoms with Gasteiger partial charge in [0.15, 0.2) is 0 Å². The molecule has 33 heavy (non-hydrogen) atoms. The van der Waals surface area contributed by atoms with Gasteiger partial charge in [-0.1, -0.05) is 38.1 Å². The van der Waals surface area contributed by atoms with E-state index in [4.69, 9.17) is 0 Å². The molecule has 180 valence electrons. The van der Waals surface area contributed by atoms with Crippen LogP contribution in [0.2, 0.25) is 0 Å². The number of sulfonamides is 1. The number of amides is 2. The standard InChI is InChI=1S/C23H29F2N3O4S/c1-16(2)13-26-23(30)17(3)27(14-18-9-11-19(24)12-10-18)22(29)15-28(33(4,31)32)21-8-6-5-7-20(21)25/h5-12,16-17H,13-15H2,1-4H3,(H,26,30)/t17-/m1/s1. The topological polar surface area (TPSA) is 86.8 Å². The number of para-hydroxylation sites is 1. The van der Waals surface area contributed by atoms with Crippen molar-refractivity contribution in [1.82, 2.24) is 10.2 Å². The van der Waals surface area contributed by atoms with Crippen molar-refractivity contribution in [1.29, 1.82) is 0 Å². The van der Waals surface area contributed by atoms with Crippen molar-refractivity contribution in [2.75, 3.05) is 23.7 Å². The molecule has 0 saturated carbocycles. The number of benzene rings is 2. The zero-order valence-corrected chi connectivity index (χ0v) is 19.9. The largest absolute Gasteiger partial charge is 0.354 e. The summed E-state index contributed by atoms with van der Waals surface area (Å²) in [5.74, 6) is -2.20. The van der Waals surface area contributed by atoms with Crippen LogP contribution < -0.4 is 9.62 Å². The quantitative estimate of drug-likeness (QED) is 0.565. The van der Waals surface area contributed by atoms with Gasteiger partial charge in [-0.2, -0.15) is 0 Å². The molecule has 2 amide bonds. The lowest BCUT2D eigenvalue weighted by atomic mass is 10.1. The second-order valence-corrected chi connectivity index (χ2v) is 10.1. The highest BCUT2D eigenvalue weighted by Gasteiger charge is 2.31. The van der Waals surface area contributed by atoms with Gasteiger partial charge in [-0.15, -0.1) is 0 Å². The van der Waals surface area contributed by atoms with E-state index in [-0.39, 0.29) is 18.2 Å². The third-order valence-corrected chi connectivity index (χ3v) is 6.04. The molecule has 1 N–H and O–H groups in total. The number of hydrogen-bond donors (Lipinski definition) is 1. The van der Waals surface area contributed by atoms with E-state index in [9.17, 15) is 26.8 Å². The van der Waals surface area contributed by atoms with Crippen LogP contribution in [0.25, 0.3) is 0 Å². The summed E-state index contributed by atoms with van der Waals surface area (Å²) in [5, 5.41) is 2.75. The maximum absolute atomic E-state index is 14.3. The molecule has 0 spiro atoms. The summed E-state index contributed by atoms with van der Waals surface area (Å²) in [6, 6.07) is 9.65. The lowest BCUT2D eigenvalue weighted by molar-refractivity contribution is -0.139. The Morgan fingerprint density at radius 1 is 1.00 bits per heavy atom. The first-order chi connectivity index (χ1) is 15.4. The van der Waals surface area contributed by atoms with Crippen molar-refractivity contribution in [2.24, 2.45) is 5.92 Å². The van der Waals surface area contributed by atoms with E-state index < -0.39 is 46.1 Å². The third-order valence-electron chi connectivity index (χ3n) is 4.92. The molecule has 0 bridgehead atoms. The molecule has 2 aromatic rings. The molecular formula is C23H29F2N3O4S. The van der Waals surface area contributed by atoms with Crippen molar-refractivity contribution < 1.29 is 26.8 Å². The molecule has 1 atom stereocenters. The Balaban J connectivity index is 2.36. The van der Waals surface area contributed by atoms with E-state index in [1.165, 1.54) is 54.3 Å². The average Bonchev–Trinajstić information content (AvgIpc) is 2.74. The fraction of sp³-hybridized carbons (Fsp3) is 0.391. The number of carbonyl (C=O) groups is 2. The van der Waals surface area contributed by atoms with Gasteiger partial charge >= 0.3 is 0 Å². The number of halogens is 2. The highest BCUT2D eigenvalue weighted by Crippen LogP contribution is 2.22. The normalized spacial score (nSPS) is 12.3. The minimum atomic E-state index is -4.02. The number of hydrogen-bond acceptors (Lipinski definition) is 4. The van der Waals surface area contributed by atoms with Crippen LogP contribution in [-0.2, 0) is 26.2 Å². The minimum Gasteiger partial charge on any atom is -0.354 e. The summed E-state index contributed by atoms with van der Waals surface area (Å²) in [7, 11) is -4.02. The summed E-state index contributed by atoms with van der Waals surface area (Å²) in [5.41, 5.74) is 0.275. The van der Waals surface area contributed by atoms with Crippen LogP contribution in [0.15, 0.2) is 48.5 Å². The second kappa shape index (κ2) is 11.2. The first-order valence-corrected chi connectivity index (χ1v) is 12.3. The molecule has 0 heterocycles. The van der Waals surface area contributed by atoms with Crippen molar-refractivity contribution in [3.8, 4) is 0 Å². The first-order valence-electron chi connectivity index (χ1n) is 10.4. The van der Waals surface area contributed by atoms with E-state index in [2.05, 4.69) is 5.32 Å². The molecule has 2 rings (SSSR count). The molecule has 0 aliphatic carbocycles. The molecule has 0 saturated heterocycles. The van der Waals surface area contributed by atoms with Gasteiger partial charge < -0.3 is 10.2 Å². The Kier molecular flexibility index (Phi) is 8.92. The second-order valence-electron chi connectivity index (χ2n) is 8.18. The summed E-state index contributed by atoms with van der Waals surface area (Å²) >= 11 is 0. The number of carbonyl (C=O) groups excluding carboxylic acids is 2. The summed E-state index contributed by atoms with van der Waals surface area (Å²) in [6.07, 6.45) is 0.871. The van der Waals surface area contributed by atoms with Crippen LogP contribution in [0.3, 0.4) is 0 Å². The SMILES string of the molecule is CC(C)CNC(=O)[C@@H](C)N(Cc1ccc(F)cc1)C(=O)CN(c1ccccc1F)S(C)(=O)=O. The lowest BCUT2D eigenvalue weighted by Gasteiger charge is -2.31. The molecule has 0 aliphatic rings. The van der Waals surface area contributed by atoms with E-state index in [0.29, 0.717) is 16.4 Å². The van der Waals surface area contributed by atoms with Crippen molar-refractivity contribution in [3.05, 3.63) is 65.7 Å². The predicted octanol–water partition coefficient (Wildman–Crippen LogP) is 2.92. The third kappa shape index (κ3) is 7.52. The highest BCUT2D eigenvalue weighted by atomic mass is 32.2. The van der Waals surface area contributed by atoms with Crippen LogP contribution in [-0.4, -0.2) is 50.5 Å². The number of nitrogens with zero attached hydrogens (tertiary/aromatic N) is 2. The van der Waals surface area contributed by atoms with Crippen LogP contribution in [0.5, 0.6) is 0 Å². The smallest absolute Gasteiger partial charge is 0.244 e. The van der Waals surface area contributed by atoms with E-state index in [1.54, 1.807) is 0 Å². The van der Waals surface area contributed by atoms with Crippen molar-refractivity contribution in [2.45, 2.75) is 33.4 Å². The van der Waals surface area contributed by atoms with Gasteiger partial charge in [0.1, 0.15) is 24.2 Å². The molecule has 0 radical (unpaired) electrons. The van der Waals surface area contributed by atoms with Gasteiger partial charge in [0.2, 0.25) is 21.8 Å². The molecule has 7 nitrogen and oxygen atoms in total. The van der Waals surface area contributed by atoms with E-state index in [1.807, 2.05) is 13.8 Å². The van der Waals surface area contributed by atoms with Crippen LogP contribution in [0.1, 0.15) is 26.3 Å². The summed E-state index contributed by atoms with van der Waals surface area (Å²) in [4.78, 5) is 27.2. The molecule has 0 aromatic heterocycles. The average molecular weight is 482 g/mol.